The Labute approximate surface area is 132 Å². The summed E-state index contributed by atoms with van der Waals surface area (Å²) in [5.41, 5.74) is 4.15. The van der Waals surface area contributed by atoms with Crippen LogP contribution in [0.1, 0.15) is 29.5 Å². The molecule has 21 heavy (non-hydrogen) atoms. The second-order valence-corrected chi connectivity index (χ2v) is 6.92. The quantitative estimate of drug-likeness (QED) is 0.874. The van der Waals surface area contributed by atoms with Gasteiger partial charge in [-0.15, -0.1) is 0 Å². The maximum atomic E-state index is 6.33. The van der Waals surface area contributed by atoms with E-state index >= 15 is 0 Å². The Kier molecular flexibility index (Phi) is 4.05. The van der Waals surface area contributed by atoms with Crippen LogP contribution in [0.3, 0.4) is 0 Å². The topological polar surface area (TPSA) is 12.0 Å². The molecule has 0 radical (unpaired) electrons. The number of hydrogen-bond donors (Lipinski definition) is 1. The average molecular weight is 300 g/mol. The van der Waals surface area contributed by atoms with Crippen LogP contribution in [0.25, 0.3) is 0 Å². The van der Waals surface area contributed by atoms with Crippen molar-refractivity contribution in [3.63, 3.8) is 0 Å². The summed E-state index contributed by atoms with van der Waals surface area (Å²) >= 11 is 6.33. The highest BCUT2D eigenvalue weighted by Gasteiger charge is 2.39. The van der Waals surface area contributed by atoms with Crippen molar-refractivity contribution in [1.82, 2.24) is 5.32 Å². The lowest BCUT2D eigenvalue weighted by Crippen LogP contribution is -2.28. The number of nitrogens with one attached hydrogen (secondary N) is 1. The summed E-state index contributed by atoms with van der Waals surface area (Å²) in [5.74, 6) is 0.510. The van der Waals surface area contributed by atoms with Crippen molar-refractivity contribution in [1.29, 1.82) is 0 Å². The fourth-order valence-electron chi connectivity index (χ4n) is 3.47. The molecule has 1 heterocycles. The van der Waals surface area contributed by atoms with E-state index in [2.05, 4.69) is 67.7 Å². The number of hydrogen-bond acceptors (Lipinski definition) is 1. The molecule has 3 rings (SSSR count). The van der Waals surface area contributed by atoms with E-state index in [1.54, 1.807) is 0 Å². The van der Waals surface area contributed by atoms with E-state index < -0.39 is 0 Å². The Hall–Kier alpha value is -1.31. The third-order valence-electron chi connectivity index (χ3n) is 4.77. The van der Waals surface area contributed by atoms with Gasteiger partial charge in [0.25, 0.3) is 0 Å². The molecule has 2 atom stereocenters. The SMILES string of the molecule is Cc1ccc([C@@H]2CNC[C@]2(C)Cc2ccccc2)cc1Cl. The van der Waals surface area contributed by atoms with Gasteiger partial charge in [-0.1, -0.05) is 61.0 Å². The highest BCUT2D eigenvalue weighted by molar-refractivity contribution is 6.31. The van der Waals surface area contributed by atoms with E-state index in [0.717, 1.165) is 30.1 Å². The van der Waals surface area contributed by atoms with Crippen LogP contribution >= 0.6 is 11.6 Å². The fraction of sp³-hybridized carbons (Fsp3) is 0.368. The largest absolute Gasteiger partial charge is 0.316 e. The molecule has 0 aliphatic carbocycles. The third kappa shape index (κ3) is 3.00. The summed E-state index contributed by atoms with van der Waals surface area (Å²) in [6.07, 6.45) is 1.09. The standard InChI is InChI=1S/C19H22ClN/c1-14-8-9-16(10-18(14)20)17-12-21-13-19(17,2)11-15-6-4-3-5-7-15/h3-10,17,21H,11-13H2,1-2H3/t17-,19-/m0/s1. The minimum Gasteiger partial charge on any atom is -0.316 e. The first-order chi connectivity index (χ1) is 10.1. The second-order valence-electron chi connectivity index (χ2n) is 6.51. The lowest BCUT2D eigenvalue weighted by Gasteiger charge is -2.31. The molecule has 0 saturated carbocycles. The number of benzene rings is 2. The highest BCUT2D eigenvalue weighted by Crippen LogP contribution is 2.42. The molecule has 0 amide bonds. The van der Waals surface area contributed by atoms with Crippen LogP contribution in [0.15, 0.2) is 48.5 Å². The van der Waals surface area contributed by atoms with Gasteiger partial charge in [-0.05, 0) is 41.5 Å². The molecule has 1 aliphatic heterocycles. The summed E-state index contributed by atoms with van der Waals surface area (Å²) in [4.78, 5) is 0. The molecule has 0 unspecified atom stereocenters. The van der Waals surface area contributed by atoms with Gasteiger partial charge in [0.2, 0.25) is 0 Å². The van der Waals surface area contributed by atoms with Gasteiger partial charge >= 0.3 is 0 Å². The van der Waals surface area contributed by atoms with Crippen LogP contribution in [0.4, 0.5) is 0 Å². The zero-order valence-corrected chi connectivity index (χ0v) is 13.5. The van der Waals surface area contributed by atoms with Crippen LogP contribution in [0.5, 0.6) is 0 Å². The van der Waals surface area contributed by atoms with Crippen LogP contribution in [-0.2, 0) is 6.42 Å². The molecule has 1 nitrogen and oxygen atoms in total. The summed E-state index contributed by atoms with van der Waals surface area (Å²) < 4.78 is 0. The van der Waals surface area contributed by atoms with E-state index in [1.807, 2.05) is 0 Å². The molecule has 2 aromatic rings. The molecule has 1 saturated heterocycles. The van der Waals surface area contributed by atoms with E-state index in [0.29, 0.717) is 5.92 Å². The molecule has 2 aromatic carbocycles. The first-order valence-electron chi connectivity index (χ1n) is 7.59. The van der Waals surface area contributed by atoms with E-state index in [-0.39, 0.29) is 5.41 Å². The third-order valence-corrected chi connectivity index (χ3v) is 5.17. The number of rotatable bonds is 3. The maximum Gasteiger partial charge on any atom is 0.0438 e. The Bertz CT molecular complexity index is 623. The second kappa shape index (κ2) is 5.82. The summed E-state index contributed by atoms with van der Waals surface area (Å²) in [6.45, 7) is 6.53. The smallest absolute Gasteiger partial charge is 0.0438 e. The van der Waals surface area contributed by atoms with Gasteiger partial charge in [0.1, 0.15) is 0 Å². The monoisotopic (exact) mass is 299 g/mol. The molecule has 110 valence electrons. The van der Waals surface area contributed by atoms with Gasteiger partial charge in [0.15, 0.2) is 0 Å². The Morgan fingerprint density at radius 2 is 1.95 bits per heavy atom. The van der Waals surface area contributed by atoms with Crippen molar-refractivity contribution in [3.05, 3.63) is 70.2 Å². The van der Waals surface area contributed by atoms with Crippen molar-refractivity contribution >= 4 is 11.6 Å². The lowest BCUT2D eigenvalue weighted by molar-refractivity contribution is 0.319. The Morgan fingerprint density at radius 3 is 2.67 bits per heavy atom. The first kappa shape index (κ1) is 14.6. The normalized spacial score (nSPS) is 25.2. The predicted octanol–water partition coefficient (Wildman–Crippen LogP) is 4.58. The van der Waals surface area contributed by atoms with Crippen molar-refractivity contribution < 1.29 is 0 Å². The van der Waals surface area contributed by atoms with Crippen LogP contribution < -0.4 is 5.32 Å². The van der Waals surface area contributed by atoms with E-state index in [9.17, 15) is 0 Å². The van der Waals surface area contributed by atoms with E-state index in [4.69, 9.17) is 11.6 Å². The van der Waals surface area contributed by atoms with Gasteiger partial charge in [-0.3, -0.25) is 0 Å². The predicted molar refractivity (Wildman–Crippen MR) is 90.1 cm³/mol. The van der Waals surface area contributed by atoms with Gasteiger partial charge < -0.3 is 5.32 Å². The van der Waals surface area contributed by atoms with Crippen LogP contribution in [0.2, 0.25) is 5.02 Å². The molecule has 1 aliphatic rings. The minimum absolute atomic E-state index is 0.236. The van der Waals surface area contributed by atoms with Crippen LogP contribution in [0, 0.1) is 12.3 Å². The molecule has 1 fully saturated rings. The number of halogens is 1. The Morgan fingerprint density at radius 1 is 1.19 bits per heavy atom. The minimum atomic E-state index is 0.236. The molecular weight excluding hydrogens is 278 g/mol. The summed E-state index contributed by atoms with van der Waals surface area (Å²) in [6, 6.07) is 17.3. The molecule has 0 spiro atoms. The molecule has 2 heteroatoms. The molecule has 0 bridgehead atoms. The van der Waals surface area contributed by atoms with Crippen molar-refractivity contribution in [2.45, 2.75) is 26.2 Å². The molecule has 0 aromatic heterocycles. The maximum absolute atomic E-state index is 6.33. The van der Waals surface area contributed by atoms with Crippen molar-refractivity contribution in [2.24, 2.45) is 5.41 Å². The highest BCUT2D eigenvalue weighted by atomic mass is 35.5. The zero-order chi connectivity index (χ0) is 14.9. The fourth-order valence-corrected chi connectivity index (χ4v) is 3.65. The van der Waals surface area contributed by atoms with Crippen molar-refractivity contribution in [3.8, 4) is 0 Å². The zero-order valence-electron chi connectivity index (χ0n) is 12.7. The number of aryl methyl sites for hydroxylation is 1. The average Bonchev–Trinajstić information content (AvgIpc) is 2.84. The van der Waals surface area contributed by atoms with Gasteiger partial charge in [0.05, 0.1) is 0 Å². The lowest BCUT2D eigenvalue weighted by atomic mass is 9.72. The summed E-state index contributed by atoms with van der Waals surface area (Å²) in [7, 11) is 0. The van der Waals surface area contributed by atoms with Crippen molar-refractivity contribution in [2.75, 3.05) is 13.1 Å². The Balaban J connectivity index is 1.88. The first-order valence-corrected chi connectivity index (χ1v) is 7.97. The van der Waals surface area contributed by atoms with Gasteiger partial charge in [-0.25, -0.2) is 0 Å². The van der Waals surface area contributed by atoms with Gasteiger partial charge in [-0.2, -0.15) is 0 Å². The van der Waals surface area contributed by atoms with Crippen LogP contribution in [-0.4, -0.2) is 13.1 Å². The van der Waals surface area contributed by atoms with E-state index in [1.165, 1.54) is 11.1 Å². The van der Waals surface area contributed by atoms with Gasteiger partial charge in [0, 0.05) is 24.0 Å². The molecule has 1 N–H and O–H groups in total. The molecular formula is C19H22ClN. The summed E-state index contributed by atoms with van der Waals surface area (Å²) in [5, 5.41) is 4.45.